The molecule has 3 aromatic rings. The molecule has 0 radical (unpaired) electrons. The van der Waals surface area contributed by atoms with Crippen molar-refractivity contribution in [3.8, 4) is 17.6 Å². The van der Waals surface area contributed by atoms with E-state index in [2.05, 4.69) is 16.8 Å². The molecule has 8 heteroatoms. The van der Waals surface area contributed by atoms with Gasteiger partial charge in [-0.3, -0.25) is 9.88 Å². The number of methoxy groups -OCH3 is 1. The molecule has 4 rings (SSSR count). The van der Waals surface area contributed by atoms with Gasteiger partial charge in [0.2, 0.25) is 0 Å². The highest BCUT2D eigenvalue weighted by molar-refractivity contribution is 5.83. The summed E-state index contributed by atoms with van der Waals surface area (Å²) in [5.74, 6) is 2.72. The van der Waals surface area contributed by atoms with E-state index >= 15 is 0 Å². The van der Waals surface area contributed by atoms with Gasteiger partial charge >= 0.3 is 0 Å². The number of hydrogen-bond donors (Lipinski definition) is 2. The molecule has 2 N–H and O–H groups in total. The van der Waals surface area contributed by atoms with Gasteiger partial charge in [-0.2, -0.15) is 0 Å². The number of nitrogens with zero attached hydrogens (tertiary/aromatic N) is 2. The molecule has 0 unspecified atom stereocenters. The summed E-state index contributed by atoms with van der Waals surface area (Å²) in [6.07, 6.45) is 3.08. The van der Waals surface area contributed by atoms with Crippen LogP contribution in [0.5, 0.6) is 5.75 Å². The predicted molar refractivity (Wildman–Crippen MR) is 131 cm³/mol. The number of rotatable bonds is 7. The second kappa shape index (κ2) is 11.7. The largest absolute Gasteiger partial charge is 0.497 e. The zero-order chi connectivity index (χ0) is 25.7. The summed E-state index contributed by atoms with van der Waals surface area (Å²) >= 11 is 0. The van der Waals surface area contributed by atoms with Crippen molar-refractivity contribution in [1.82, 2.24) is 9.88 Å². The van der Waals surface area contributed by atoms with Crippen LogP contribution in [0.4, 0.5) is 13.2 Å². The first-order valence-corrected chi connectivity index (χ1v) is 12.0. The average Bonchev–Trinajstić information content (AvgIpc) is 2.90. The van der Waals surface area contributed by atoms with Gasteiger partial charge in [0.05, 0.1) is 30.8 Å². The molecule has 0 amide bonds. The maximum atomic E-state index is 13.8. The quantitative estimate of drug-likeness (QED) is 0.372. The van der Waals surface area contributed by atoms with Gasteiger partial charge in [0.25, 0.3) is 0 Å². The van der Waals surface area contributed by atoms with E-state index in [1.165, 1.54) is 0 Å². The lowest BCUT2D eigenvalue weighted by molar-refractivity contribution is 0.0640. The van der Waals surface area contributed by atoms with Crippen molar-refractivity contribution in [2.24, 2.45) is 11.8 Å². The molecule has 2 aromatic carbocycles. The Morgan fingerprint density at radius 1 is 1.14 bits per heavy atom. The Kier molecular flexibility index (Phi) is 8.47. The summed E-state index contributed by atoms with van der Waals surface area (Å²) in [6.45, 7) is 1.53. The molecular weight excluding hydrogens is 469 g/mol. The van der Waals surface area contributed by atoms with Crippen LogP contribution in [0.3, 0.4) is 0 Å². The number of ether oxygens (including phenoxy) is 1. The van der Waals surface area contributed by atoms with Gasteiger partial charge in [-0.25, -0.2) is 13.2 Å². The lowest BCUT2D eigenvalue weighted by Crippen LogP contribution is -2.42. The van der Waals surface area contributed by atoms with Crippen molar-refractivity contribution in [2.45, 2.75) is 25.4 Å². The first-order chi connectivity index (χ1) is 17.4. The molecule has 0 spiro atoms. The number of likely N-dealkylation sites (tertiary alicyclic amines) is 1. The molecule has 1 fully saturated rings. The highest BCUT2D eigenvalue weighted by Gasteiger charge is 2.29. The minimum atomic E-state index is -1.28. The Balaban J connectivity index is 1.36. The number of pyridine rings is 1. The number of hydrogen-bond acceptors (Lipinski definition) is 5. The lowest BCUT2D eigenvalue weighted by atomic mass is 9.81. The molecule has 190 valence electrons. The molecule has 1 aliphatic heterocycles. The fourth-order valence-corrected chi connectivity index (χ4v) is 4.86. The smallest absolute Gasteiger partial charge is 0.177 e. The minimum Gasteiger partial charge on any atom is -0.497 e. The Hall–Kier alpha value is -3.12. The molecule has 1 saturated heterocycles. The van der Waals surface area contributed by atoms with Crippen molar-refractivity contribution >= 4 is 10.9 Å². The van der Waals surface area contributed by atoms with E-state index < -0.39 is 29.1 Å². The molecule has 1 aromatic heterocycles. The van der Waals surface area contributed by atoms with E-state index in [0.29, 0.717) is 25.3 Å². The molecule has 2 heterocycles. The maximum Gasteiger partial charge on any atom is 0.177 e. The monoisotopic (exact) mass is 498 g/mol. The summed E-state index contributed by atoms with van der Waals surface area (Å²) < 4.78 is 46.2. The Morgan fingerprint density at radius 3 is 2.72 bits per heavy atom. The molecule has 5 nitrogen and oxygen atoms in total. The number of halogens is 3. The second-order valence-electron chi connectivity index (χ2n) is 9.12. The standard InChI is InChI=1S/C28H29F3N2O3/c1-36-20-5-8-26-23(15-20)21(10-12-32-26)27(35)9-4-18-11-14-33(16-19(18)17-34)13-2-3-22-24(29)6-7-25(30)28(22)31/h5-8,10,12,15,18-19,27,34-35H,4,9,11,13-14,16-17H2,1H3/t18-,19-,27-/m1/s1. The third kappa shape index (κ3) is 5.81. The maximum absolute atomic E-state index is 13.8. The number of aliphatic hydroxyl groups is 2. The van der Waals surface area contributed by atoms with E-state index in [9.17, 15) is 23.4 Å². The van der Waals surface area contributed by atoms with Crippen LogP contribution in [0, 0.1) is 41.1 Å². The summed E-state index contributed by atoms with van der Waals surface area (Å²) in [6, 6.07) is 8.98. The summed E-state index contributed by atoms with van der Waals surface area (Å²) in [5.41, 5.74) is 1.01. The third-order valence-corrected chi connectivity index (χ3v) is 6.92. The van der Waals surface area contributed by atoms with Gasteiger partial charge in [0.15, 0.2) is 11.6 Å². The Bertz CT molecular complexity index is 1270. The normalized spacial score (nSPS) is 19.1. The number of aliphatic hydroxyl groups excluding tert-OH is 2. The summed E-state index contributed by atoms with van der Waals surface area (Å²) in [5, 5.41) is 21.8. The van der Waals surface area contributed by atoms with Crippen LogP contribution in [0.1, 0.15) is 36.5 Å². The highest BCUT2D eigenvalue weighted by Crippen LogP contribution is 2.33. The Labute approximate surface area is 208 Å². The fraction of sp³-hybridized carbons (Fsp3) is 0.393. The van der Waals surface area contributed by atoms with Crippen LogP contribution in [0.2, 0.25) is 0 Å². The zero-order valence-electron chi connectivity index (χ0n) is 20.1. The molecule has 1 aliphatic rings. The van der Waals surface area contributed by atoms with Gasteiger partial charge in [-0.1, -0.05) is 11.8 Å². The number of piperidine rings is 1. The van der Waals surface area contributed by atoms with Gasteiger partial charge < -0.3 is 14.9 Å². The van der Waals surface area contributed by atoms with Gasteiger partial charge in [0, 0.05) is 24.7 Å². The van der Waals surface area contributed by atoms with E-state index in [4.69, 9.17) is 4.74 Å². The third-order valence-electron chi connectivity index (χ3n) is 6.92. The van der Waals surface area contributed by atoms with Gasteiger partial charge in [0.1, 0.15) is 11.6 Å². The van der Waals surface area contributed by atoms with Crippen molar-refractivity contribution in [3.05, 3.63) is 71.2 Å². The predicted octanol–water partition coefficient (Wildman–Crippen LogP) is 4.46. The van der Waals surface area contributed by atoms with Crippen LogP contribution >= 0.6 is 0 Å². The molecule has 0 aliphatic carbocycles. The lowest BCUT2D eigenvalue weighted by Gasteiger charge is -2.37. The average molecular weight is 499 g/mol. The van der Waals surface area contributed by atoms with E-state index in [1.54, 1.807) is 13.3 Å². The number of fused-ring (bicyclic) bond motifs is 1. The molecule has 36 heavy (non-hydrogen) atoms. The van der Waals surface area contributed by atoms with Gasteiger partial charge in [-0.05, 0) is 79.6 Å². The van der Waals surface area contributed by atoms with E-state index in [-0.39, 0.29) is 25.0 Å². The molecule has 0 saturated carbocycles. The first-order valence-electron chi connectivity index (χ1n) is 12.0. The number of aromatic nitrogens is 1. The van der Waals surface area contributed by atoms with Crippen LogP contribution < -0.4 is 4.74 Å². The van der Waals surface area contributed by atoms with Crippen LogP contribution in [-0.4, -0.2) is 53.4 Å². The topological polar surface area (TPSA) is 65.8 Å². The van der Waals surface area contributed by atoms with E-state index in [0.717, 1.165) is 41.4 Å². The van der Waals surface area contributed by atoms with Crippen LogP contribution in [0.15, 0.2) is 42.6 Å². The molecule has 0 bridgehead atoms. The zero-order valence-corrected chi connectivity index (χ0v) is 20.1. The summed E-state index contributed by atoms with van der Waals surface area (Å²) in [7, 11) is 1.60. The SMILES string of the molecule is COc1ccc2nccc([C@H](O)CC[C@@H]3CCN(CC#Cc4c(F)ccc(F)c4F)C[C@@H]3CO)c2c1. The molecular formula is C28H29F3N2O3. The highest BCUT2D eigenvalue weighted by atomic mass is 19.2. The van der Waals surface area contributed by atoms with Gasteiger partial charge in [-0.15, -0.1) is 0 Å². The van der Waals surface area contributed by atoms with Crippen molar-refractivity contribution in [2.75, 3.05) is 33.4 Å². The molecule has 3 atom stereocenters. The van der Waals surface area contributed by atoms with Crippen LogP contribution in [0.25, 0.3) is 10.9 Å². The minimum absolute atomic E-state index is 0.00672. The Morgan fingerprint density at radius 2 is 1.94 bits per heavy atom. The van der Waals surface area contributed by atoms with E-state index in [1.807, 2.05) is 29.2 Å². The first kappa shape index (κ1) is 26.0. The van der Waals surface area contributed by atoms with Crippen molar-refractivity contribution < 1.29 is 28.1 Å². The van der Waals surface area contributed by atoms with Crippen LogP contribution in [-0.2, 0) is 0 Å². The summed E-state index contributed by atoms with van der Waals surface area (Å²) in [4.78, 5) is 6.38. The van der Waals surface area contributed by atoms with Crippen molar-refractivity contribution in [3.63, 3.8) is 0 Å². The number of benzene rings is 2. The fourth-order valence-electron chi connectivity index (χ4n) is 4.86. The van der Waals surface area contributed by atoms with Crippen molar-refractivity contribution in [1.29, 1.82) is 0 Å². The second-order valence-corrected chi connectivity index (χ2v) is 9.12.